The van der Waals surface area contributed by atoms with Gasteiger partial charge in [0.05, 0.1) is 28.5 Å². The third kappa shape index (κ3) is 3.01. The van der Waals surface area contributed by atoms with Gasteiger partial charge in [0.15, 0.2) is 5.82 Å². The van der Waals surface area contributed by atoms with E-state index in [-0.39, 0.29) is 17.8 Å². The van der Waals surface area contributed by atoms with Crippen molar-refractivity contribution in [3.63, 3.8) is 0 Å². The van der Waals surface area contributed by atoms with Gasteiger partial charge in [-0.25, -0.2) is 8.91 Å². The van der Waals surface area contributed by atoms with E-state index in [0.29, 0.717) is 27.7 Å². The summed E-state index contributed by atoms with van der Waals surface area (Å²) in [4.78, 5) is 17.3. The van der Waals surface area contributed by atoms with Gasteiger partial charge in [0.1, 0.15) is 11.6 Å². The number of carbonyl (C=O) groups excluding carboxylic acids is 1. The highest BCUT2D eigenvalue weighted by Crippen LogP contribution is 2.34. The van der Waals surface area contributed by atoms with Gasteiger partial charge in [-0.3, -0.25) is 4.79 Å². The molecule has 0 radical (unpaired) electrons. The Bertz CT molecular complexity index is 1280. The number of carbonyl (C=O) groups is 1. The Morgan fingerprint density at radius 1 is 1.37 bits per heavy atom. The number of hydrogen-bond donors (Lipinski definition) is 2. The maximum Gasteiger partial charge on any atom is 0.254 e. The number of rotatable bonds is 4. The topological polar surface area (TPSA) is 80.5 Å². The lowest BCUT2D eigenvalue weighted by molar-refractivity contribution is 0.0960. The molecule has 7 nitrogen and oxygen atoms in total. The van der Waals surface area contributed by atoms with Crippen molar-refractivity contribution in [2.75, 3.05) is 20.7 Å². The van der Waals surface area contributed by atoms with E-state index in [0.717, 1.165) is 35.2 Å². The van der Waals surface area contributed by atoms with Crippen molar-refractivity contribution in [3.8, 4) is 17.1 Å². The van der Waals surface area contributed by atoms with Gasteiger partial charge < -0.3 is 15.4 Å². The number of hydrogen-bond acceptors (Lipinski definition) is 6. The van der Waals surface area contributed by atoms with Crippen molar-refractivity contribution >= 4 is 32.4 Å². The van der Waals surface area contributed by atoms with Gasteiger partial charge in [0.25, 0.3) is 5.91 Å². The molecule has 0 bridgehead atoms. The monoisotopic (exact) mass is 425 g/mol. The second kappa shape index (κ2) is 7.33. The third-order valence-electron chi connectivity index (χ3n) is 5.46. The number of nitrogens with one attached hydrogen (secondary N) is 2. The van der Waals surface area contributed by atoms with Gasteiger partial charge in [0.2, 0.25) is 4.96 Å². The maximum absolute atomic E-state index is 14.9. The third-order valence-corrected chi connectivity index (χ3v) is 6.45. The molecule has 0 saturated carbocycles. The smallest absolute Gasteiger partial charge is 0.254 e. The second-order valence-corrected chi connectivity index (χ2v) is 8.23. The van der Waals surface area contributed by atoms with Crippen LogP contribution >= 0.6 is 11.3 Å². The quantitative estimate of drug-likeness (QED) is 0.523. The molecule has 1 aliphatic rings. The summed E-state index contributed by atoms with van der Waals surface area (Å²) >= 11 is 1.39. The van der Waals surface area contributed by atoms with E-state index in [9.17, 15) is 9.18 Å². The summed E-state index contributed by atoms with van der Waals surface area (Å²) in [5, 5.41) is 10.5. The summed E-state index contributed by atoms with van der Waals surface area (Å²) < 4.78 is 22.8. The summed E-state index contributed by atoms with van der Waals surface area (Å²) in [6.45, 7) is 0.963. The zero-order chi connectivity index (χ0) is 20.8. The summed E-state index contributed by atoms with van der Waals surface area (Å²) in [6.07, 6.45) is 2.12. The summed E-state index contributed by atoms with van der Waals surface area (Å²) in [5.74, 6) is 0.217. The van der Waals surface area contributed by atoms with Crippen LogP contribution in [0.1, 0.15) is 34.8 Å². The Balaban J connectivity index is 1.57. The first kappa shape index (κ1) is 19.0. The molecule has 1 saturated heterocycles. The first-order valence-electron chi connectivity index (χ1n) is 9.71. The zero-order valence-electron chi connectivity index (χ0n) is 16.5. The highest BCUT2D eigenvalue weighted by atomic mass is 32.1. The Labute approximate surface area is 175 Å². The highest BCUT2D eigenvalue weighted by molar-refractivity contribution is 7.23. The van der Waals surface area contributed by atoms with E-state index >= 15 is 0 Å². The molecular weight excluding hydrogens is 405 g/mol. The summed E-state index contributed by atoms with van der Waals surface area (Å²) in [5.41, 5.74) is 2.52. The average molecular weight is 425 g/mol. The van der Waals surface area contributed by atoms with Gasteiger partial charge in [-0.05, 0) is 43.1 Å². The van der Waals surface area contributed by atoms with Crippen LogP contribution in [0, 0.1) is 5.82 Å². The Kier molecular flexibility index (Phi) is 4.63. The van der Waals surface area contributed by atoms with Gasteiger partial charge in [-0.2, -0.15) is 4.98 Å². The minimum absolute atomic E-state index is 0.206. The number of nitrogens with zero attached hydrogens (tertiary/aromatic N) is 3. The zero-order valence-corrected chi connectivity index (χ0v) is 17.3. The number of aromatic nitrogens is 3. The molecule has 1 aliphatic heterocycles. The van der Waals surface area contributed by atoms with E-state index in [1.807, 2.05) is 6.07 Å². The Morgan fingerprint density at radius 3 is 2.93 bits per heavy atom. The van der Waals surface area contributed by atoms with Crippen LogP contribution in [0.4, 0.5) is 4.39 Å². The number of methoxy groups -OCH3 is 1. The van der Waals surface area contributed by atoms with Crippen molar-refractivity contribution in [2.24, 2.45) is 0 Å². The molecule has 30 heavy (non-hydrogen) atoms. The number of benzene rings is 2. The molecule has 1 fully saturated rings. The largest absolute Gasteiger partial charge is 0.496 e. The van der Waals surface area contributed by atoms with E-state index in [1.165, 1.54) is 18.4 Å². The molecule has 1 atom stereocenters. The first-order chi connectivity index (χ1) is 14.6. The van der Waals surface area contributed by atoms with Gasteiger partial charge in [0, 0.05) is 19.2 Å². The van der Waals surface area contributed by atoms with Crippen LogP contribution in [0.15, 0.2) is 30.3 Å². The lowest BCUT2D eigenvalue weighted by Gasteiger charge is -2.11. The molecular formula is C21H20FN5O2S. The fraction of sp³-hybridized carbons (Fsp3) is 0.286. The molecule has 3 heterocycles. The minimum Gasteiger partial charge on any atom is -0.496 e. The molecule has 0 spiro atoms. The predicted octanol–water partition coefficient (Wildman–Crippen LogP) is 3.54. The molecule has 2 aromatic carbocycles. The molecule has 154 valence electrons. The number of ether oxygens (including phenoxy) is 1. The number of fused-ring (bicyclic) bond motifs is 3. The van der Waals surface area contributed by atoms with Crippen LogP contribution in [0.5, 0.6) is 5.75 Å². The van der Waals surface area contributed by atoms with E-state index < -0.39 is 0 Å². The summed E-state index contributed by atoms with van der Waals surface area (Å²) in [7, 11) is 3.09. The molecule has 2 N–H and O–H groups in total. The van der Waals surface area contributed by atoms with Crippen molar-refractivity contribution in [2.45, 2.75) is 18.9 Å². The highest BCUT2D eigenvalue weighted by Gasteiger charge is 2.21. The molecule has 9 heteroatoms. The molecule has 2 aromatic heterocycles. The average Bonchev–Trinajstić information content (AvgIpc) is 3.48. The molecule has 4 aromatic rings. The van der Waals surface area contributed by atoms with E-state index in [4.69, 9.17) is 4.74 Å². The molecule has 1 amide bonds. The number of amides is 1. The fourth-order valence-corrected chi connectivity index (χ4v) is 4.89. The predicted molar refractivity (Wildman–Crippen MR) is 114 cm³/mol. The van der Waals surface area contributed by atoms with Crippen LogP contribution in [0.2, 0.25) is 0 Å². The van der Waals surface area contributed by atoms with Crippen molar-refractivity contribution in [1.29, 1.82) is 0 Å². The normalized spacial score (nSPS) is 16.4. The van der Waals surface area contributed by atoms with Crippen LogP contribution in [-0.2, 0) is 0 Å². The molecule has 1 unspecified atom stereocenters. The van der Waals surface area contributed by atoms with E-state index in [2.05, 4.69) is 20.7 Å². The van der Waals surface area contributed by atoms with Gasteiger partial charge in [-0.15, -0.1) is 5.10 Å². The standard InChI is InChI=1S/C21H20FN5O2S/c1-23-20(28)13-9-18-16(10-17(13)29-2)27-21(30-18)25-19(26-27)12-6-5-11(8-14(12)22)15-4-3-7-24-15/h5-6,8-10,15,24H,3-4,7H2,1-2H3,(H,23,28). The van der Waals surface area contributed by atoms with Crippen LogP contribution in [0.25, 0.3) is 26.6 Å². The van der Waals surface area contributed by atoms with Gasteiger partial charge >= 0.3 is 0 Å². The number of thiazole rings is 1. The van der Waals surface area contributed by atoms with Crippen LogP contribution in [-0.4, -0.2) is 41.2 Å². The molecule has 5 rings (SSSR count). The van der Waals surface area contributed by atoms with Crippen LogP contribution < -0.4 is 15.4 Å². The van der Waals surface area contributed by atoms with Gasteiger partial charge in [-0.1, -0.05) is 17.4 Å². The first-order valence-corrected chi connectivity index (χ1v) is 10.5. The van der Waals surface area contributed by atoms with Crippen molar-refractivity contribution < 1.29 is 13.9 Å². The lowest BCUT2D eigenvalue weighted by Crippen LogP contribution is -2.18. The van der Waals surface area contributed by atoms with Crippen molar-refractivity contribution in [1.82, 2.24) is 25.2 Å². The van der Waals surface area contributed by atoms with Crippen LogP contribution in [0.3, 0.4) is 0 Å². The molecule has 0 aliphatic carbocycles. The van der Waals surface area contributed by atoms with E-state index in [1.54, 1.807) is 35.8 Å². The Morgan fingerprint density at radius 2 is 2.23 bits per heavy atom. The number of halogens is 1. The fourth-order valence-electron chi connectivity index (χ4n) is 3.91. The Hall–Kier alpha value is -3.04. The SMILES string of the molecule is CNC(=O)c1cc2sc3nc(-c4ccc(C5CCCN5)cc4F)nn3c2cc1OC. The summed E-state index contributed by atoms with van der Waals surface area (Å²) in [6, 6.07) is 8.98. The minimum atomic E-state index is -0.330. The van der Waals surface area contributed by atoms with Crippen molar-refractivity contribution in [3.05, 3.63) is 47.3 Å². The second-order valence-electron chi connectivity index (χ2n) is 7.22. The lowest BCUT2D eigenvalue weighted by atomic mass is 10.0. The maximum atomic E-state index is 14.9.